The predicted octanol–water partition coefficient (Wildman–Crippen LogP) is 11.2. The number of allylic oxidation sites excluding steroid dienone is 3. The van der Waals surface area contributed by atoms with Gasteiger partial charge in [0.05, 0.1) is 51.2 Å². The van der Waals surface area contributed by atoms with E-state index in [0.29, 0.717) is 65.6 Å². The molecule has 2 aromatic carbocycles. The quantitative estimate of drug-likeness (QED) is 0.148. The molecule has 0 spiro atoms. The van der Waals surface area contributed by atoms with Gasteiger partial charge in [0.25, 0.3) is 0 Å². The van der Waals surface area contributed by atoms with Crippen LogP contribution in [0.2, 0.25) is 15.2 Å². The first-order valence-electron chi connectivity index (χ1n) is 30.7. The van der Waals surface area contributed by atoms with E-state index in [2.05, 4.69) is 29.9 Å². The summed E-state index contributed by atoms with van der Waals surface area (Å²) < 4.78 is 112. The third-order valence-electron chi connectivity index (χ3n) is 19.0. The Labute approximate surface area is 550 Å². The van der Waals surface area contributed by atoms with Crippen LogP contribution in [0.4, 0.5) is 13.2 Å². The molecule has 17 rings (SSSR count). The molecule has 9 aliphatic rings. The van der Waals surface area contributed by atoms with Crippen LogP contribution in [-0.4, -0.2) is 146 Å². The molecule has 28 heteroatoms. The summed E-state index contributed by atoms with van der Waals surface area (Å²) in [5.74, 6) is -3.28. The first kappa shape index (κ1) is 63.3. The number of aliphatic hydroxyl groups excluding tert-OH is 2. The summed E-state index contributed by atoms with van der Waals surface area (Å²) in [6.07, 6.45) is 5.51. The fourth-order valence-electron chi connectivity index (χ4n) is 14.8. The van der Waals surface area contributed by atoms with Gasteiger partial charge in [-0.25, -0.2) is 43.1 Å². The second-order valence-corrected chi connectivity index (χ2v) is 26.9. The first-order chi connectivity index (χ1) is 44.6. The van der Waals surface area contributed by atoms with E-state index in [4.69, 9.17) is 93.8 Å². The number of ether oxygens (including phenoxy) is 10. The maximum atomic E-state index is 14.8. The van der Waals surface area contributed by atoms with Gasteiger partial charge in [0.2, 0.25) is 0 Å². The topological polar surface area (TPSA) is 225 Å². The molecule has 14 heterocycles. The highest BCUT2D eigenvalue weighted by atomic mass is 35.5. The summed E-state index contributed by atoms with van der Waals surface area (Å²) >= 11 is 24.2. The SMILES string of the molecule is CC1(C)O[C@H]2[C@@H](O1)[C@H](n1ccc3c(Cl)ncnc31)O[C@@H]2[C@@H]1OCCC2C(F)=C(Cl)C=CC21.Cc1ncnc2c1ccn2[C@@H]1O[C@H]([C@@H]2OCCc3c2ccc(Cl)c3F)[C@@H](O)[C@H]1O.Cc1ncnc2c1ccn2[C@@H]1O[C@H]([C@@H]2OCCc3c2ccc(Cl)c3F)[C@H]2OC(C)(C)O[C@H]21. The fourth-order valence-corrected chi connectivity index (χ4v) is 15.6. The summed E-state index contributed by atoms with van der Waals surface area (Å²) in [6.45, 7) is 12.4. The van der Waals surface area contributed by atoms with Gasteiger partial charge in [-0.1, -0.05) is 64.6 Å². The number of hydrogen-bond donors (Lipinski definition) is 2. The zero-order valence-electron chi connectivity index (χ0n) is 50.9. The molecule has 6 aromatic heterocycles. The zero-order chi connectivity index (χ0) is 64.7. The molecular weight excluding hydrogens is 1300 g/mol. The zero-order valence-corrected chi connectivity index (χ0v) is 53.9. The van der Waals surface area contributed by atoms with E-state index in [1.165, 1.54) is 18.7 Å². The van der Waals surface area contributed by atoms with Crippen LogP contribution in [0.25, 0.3) is 33.1 Å². The van der Waals surface area contributed by atoms with Crippen LogP contribution in [0, 0.1) is 37.3 Å². The highest BCUT2D eigenvalue weighted by Gasteiger charge is 2.62. The van der Waals surface area contributed by atoms with E-state index in [1.54, 1.807) is 35.3 Å². The molecule has 21 nitrogen and oxygen atoms in total. The third-order valence-corrected chi connectivity index (χ3v) is 20.2. The van der Waals surface area contributed by atoms with E-state index >= 15 is 0 Å². The average Bonchev–Trinajstić information content (AvgIpc) is 1.60. The molecule has 0 bridgehead atoms. The molecule has 93 heavy (non-hydrogen) atoms. The van der Waals surface area contributed by atoms with Crippen molar-refractivity contribution in [1.82, 2.24) is 43.6 Å². The summed E-state index contributed by atoms with van der Waals surface area (Å²) in [5.41, 5.74) is 6.04. The Morgan fingerprint density at radius 3 is 1.55 bits per heavy atom. The molecule has 2 unspecified atom stereocenters. The molecule has 0 saturated carbocycles. The van der Waals surface area contributed by atoms with Crippen LogP contribution >= 0.6 is 46.4 Å². The number of rotatable bonds is 6. The predicted molar refractivity (Wildman–Crippen MR) is 331 cm³/mol. The molecule has 6 fully saturated rings. The number of aryl methyl sites for hydroxylation is 2. The van der Waals surface area contributed by atoms with Crippen molar-refractivity contribution in [3.8, 4) is 0 Å². The second kappa shape index (κ2) is 24.4. The highest BCUT2D eigenvalue weighted by Crippen LogP contribution is 2.52. The molecule has 2 N–H and O–H groups in total. The van der Waals surface area contributed by atoms with Gasteiger partial charge in [-0.2, -0.15) is 0 Å². The normalized spacial score (nSPS) is 33.0. The molecule has 490 valence electrons. The Kier molecular flexibility index (Phi) is 16.6. The number of fused-ring (bicyclic) bond motifs is 8. The van der Waals surface area contributed by atoms with Gasteiger partial charge in [-0.15, -0.1) is 0 Å². The molecule has 8 aromatic rings. The minimum Gasteiger partial charge on any atom is -0.387 e. The van der Waals surface area contributed by atoms with Crippen molar-refractivity contribution in [1.29, 1.82) is 0 Å². The molecule has 0 amide bonds. The maximum absolute atomic E-state index is 14.8. The lowest BCUT2D eigenvalue weighted by Crippen LogP contribution is -2.49. The number of nitrogens with zero attached hydrogens (tertiary/aromatic N) is 9. The molecule has 1 aliphatic carbocycles. The largest absolute Gasteiger partial charge is 0.387 e. The number of aromatic nitrogens is 9. The summed E-state index contributed by atoms with van der Waals surface area (Å²) in [6, 6.07) is 12.2. The monoisotopic (exact) mass is 1360 g/mol. The van der Waals surface area contributed by atoms with Gasteiger partial charge in [0, 0.05) is 47.8 Å². The van der Waals surface area contributed by atoms with E-state index < -0.39 is 109 Å². The van der Waals surface area contributed by atoms with Crippen LogP contribution in [0.5, 0.6) is 0 Å². The van der Waals surface area contributed by atoms with Crippen molar-refractivity contribution < 1.29 is 70.8 Å². The Bertz CT molecular complexity index is 4290. The molecule has 17 atom stereocenters. The highest BCUT2D eigenvalue weighted by molar-refractivity contribution is 6.34. The fraction of sp³-hybridized carbons (Fsp3) is 0.477. The summed E-state index contributed by atoms with van der Waals surface area (Å²) in [4.78, 5) is 25.6. The second-order valence-electron chi connectivity index (χ2n) is 25.4. The molecular formula is C65H64Cl4F3N9O12. The summed E-state index contributed by atoms with van der Waals surface area (Å²) in [7, 11) is 0. The van der Waals surface area contributed by atoms with Crippen molar-refractivity contribution in [2.24, 2.45) is 11.8 Å². The molecule has 8 aliphatic heterocycles. The lowest BCUT2D eigenvalue weighted by atomic mass is 9.77. The van der Waals surface area contributed by atoms with Crippen molar-refractivity contribution in [3.63, 3.8) is 0 Å². The van der Waals surface area contributed by atoms with E-state index in [-0.39, 0.29) is 45.5 Å². The van der Waals surface area contributed by atoms with E-state index in [0.717, 1.165) is 38.8 Å². The summed E-state index contributed by atoms with van der Waals surface area (Å²) in [5, 5.41) is 24.6. The Hall–Kier alpha value is -5.75. The molecule has 6 saturated heterocycles. The maximum Gasteiger partial charge on any atom is 0.164 e. The minimum absolute atomic E-state index is 0.0454. The number of halogens is 7. The van der Waals surface area contributed by atoms with E-state index in [9.17, 15) is 23.4 Å². The van der Waals surface area contributed by atoms with Crippen LogP contribution < -0.4 is 0 Å². The third kappa shape index (κ3) is 11.0. The number of benzene rings is 2. The number of hydrogen-bond acceptors (Lipinski definition) is 18. The van der Waals surface area contributed by atoms with Crippen LogP contribution in [-0.2, 0) is 60.2 Å². The first-order valence-corrected chi connectivity index (χ1v) is 32.2. The lowest BCUT2D eigenvalue weighted by Gasteiger charge is -2.41. The average molecular weight is 1360 g/mol. The van der Waals surface area contributed by atoms with Crippen molar-refractivity contribution >= 4 is 79.5 Å². The lowest BCUT2D eigenvalue weighted by molar-refractivity contribution is -0.219. The van der Waals surface area contributed by atoms with Crippen molar-refractivity contribution in [2.45, 2.75) is 164 Å². The Balaban J connectivity index is 0.000000116. The van der Waals surface area contributed by atoms with Gasteiger partial charge in [0.1, 0.15) is 126 Å². The minimum atomic E-state index is -1.23. The van der Waals surface area contributed by atoms with Crippen molar-refractivity contribution in [2.75, 3.05) is 19.8 Å². The van der Waals surface area contributed by atoms with Crippen LogP contribution in [0.1, 0.15) is 98.6 Å². The van der Waals surface area contributed by atoms with Gasteiger partial charge in [-0.05, 0) is 119 Å². The van der Waals surface area contributed by atoms with Crippen LogP contribution in [0.3, 0.4) is 0 Å². The van der Waals surface area contributed by atoms with Gasteiger partial charge >= 0.3 is 0 Å². The van der Waals surface area contributed by atoms with E-state index in [1.807, 2.05) is 93.4 Å². The van der Waals surface area contributed by atoms with Gasteiger partial charge in [0.15, 0.2) is 30.3 Å². The Morgan fingerprint density at radius 1 is 0.505 bits per heavy atom. The van der Waals surface area contributed by atoms with Crippen LogP contribution in [0.15, 0.2) is 103 Å². The Morgan fingerprint density at radius 2 is 0.978 bits per heavy atom. The number of aliphatic hydroxyl groups is 2. The van der Waals surface area contributed by atoms with Gasteiger partial charge < -0.3 is 71.3 Å². The standard InChI is InChI=1S/C23H23ClFN3O4.C22H22Cl2FN3O4.C20H19ClFN3O4/c1-11-12-6-8-28(21(12)27-10-26-11)22-20-19(31-23(2,3)32-20)18(30-22)17-14-4-5-15(24)16(25)13(14)7-9-29-17;1-22(2)31-17-16(15-11-3-4-13(23)14(25)10(11)6-8-29-15)30-21(18(17)32-22)28-7-5-12-19(24)26-9-27-20(12)28;1-9-10-4-6-25(19(10)24-8-23-9)20-16(27)15(26)18(29-20)17-12-2-3-13(21)14(22)11(12)5-7-28-17/h4-6,8,10,17-20,22H,7,9H2,1-3H3;3-5,7,9-11,15-18,21H,6,8H2,1-2H3;2-4,6,8,15-18,20,26-27H,5,7H2,1H3/t17-,18-,19-,20-,22-;10?,11?,15-,16-,17-,18-,21-;15-,16+,17+,18-,20+/m110/s1. The molecule has 0 radical (unpaired) electrons. The smallest absolute Gasteiger partial charge is 0.164 e. The van der Waals surface area contributed by atoms with Crippen molar-refractivity contribution in [3.05, 3.63) is 164 Å². The van der Waals surface area contributed by atoms with Gasteiger partial charge in [-0.3, -0.25) is 0 Å².